The van der Waals surface area contributed by atoms with Gasteiger partial charge in [0.2, 0.25) is 0 Å². The van der Waals surface area contributed by atoms with Crippen LogP contribution >= 0.6 is 0 Å². The molecule has 22 heavy (non-hydrogen) atoms. The Bertz CT molecular complexity index is 639. The first kappa shape index (κ1) is 15.8. The summed E-state index contributed by atoms with van der Waals surface area (Å²) in [7, 11) is 2.82. The van der Waals surface area contributed by atoms with E-state index in [9.17, 15) is 4.79 Å². The molecule has 2 rings (SSSR count). The number of hydrogen-bond donors (Lipinski definition) is 0. The molecule has 0 atom stereocenters. The van der Waals surface area contributed by atoms with Crippen molar-refractivity contribution >= 4 is 5.97 Å². The maximum absolute atomic E-state index is 11.5. The van der Waals surface area contributed by atoms with Crippen LogP contribution < -0.4 is 9.47 Å². The zero-order valence-electron chi connectivity index (χ0n) is 12.8. The smallest absolute Gasteiger partial charge is 0.337 e. The normalized spacial score (nSPS) is 10.3. The van der Waals surface area contributed by atoms with Gasteiger partial charge < -0.3 is 18.7 Å². The minimum absolute atomic E-state index is 0.130. The van der Waals surface area contributed by atoms with E-state index in [-0.39, 0.29) is 6.61 Å². The number of aromatic nitrogens is 2. The third-order valence-corrected chi connectivity index (χ3v) is 2.92. The summed E-state index contributed by atoms with van der Waals surface area (Å²) in [6.45, 7) is 2.17. The van der Waals surface area contributed by atoms with Gasteiger partial charge in [0.05, 0.1) is 19.8 Å². The molecule has 0 N–H and O–H groups in total. The zero-order valence-corrected chi connectivity index (χ0v) is 12.8. The number of esters is 1. The maximum Gasteiger partial charge on any atom is 0.337 e. The fraction of sp³-hybridized carbons (Fsp3) is 0.400. The minimum Gasteiger partial charge on any atom is -0.493 e. The summed E-state index contributed by atoms with van der Waals surface area (Å²) < 4.78 is 20.6. The van der Waals surface area contributed by atoms with E-state index >= 15 is 0 Å². The van der Waals surface area contributed by atoms with Crippen molar-refractivity contribution in [1.82, 2.24) is 10.1 Å². The van der Waals surface area contributed by atoms with E-state index in [1.54, 1.807) is 18.2 Å². The number of carbonyl (C=O) groups is 1. The molecule has 1 aromatic carbocycles. The Balaban J connectivity index is 2.06. The molecule has 1 aromatic heterocycles. The highest BCUT2D eigenvalue weighted by atomic mass is 16.5. The molecule has 0 saturated carbocycles. The number of methoxy groups -OCH3 is 2. The number of benzene rings is 1. The van der Waals surface area contributed by atoms with E-state index in [1.807, 2.05) is 6.92 Å². The Morgan fingerprint density at radius 1 is 1.27 bits per heavy atom. The number of aryl methyl sites for hydroxylation is 1. The summed E-state index contributed by atoms with van der Waals surface area (Å²) in [5.74, 6) is 1.52. The lowest BCUT2D eigenvalue weighted by Gasteiger charge is -2.10. The van der Waals surface area contributed by atoms with E-state index in [4.69, 9.17) is 14.0 Å². The van der Waals surface area contributed by atoms with Crippen LogP contribution in [0, 0.1) is 0 Å². The van der Waals surface area contributed by atoms with Crippen molar-refractivity contribution < 1.29 is 23.5 Å². The molecule has 0 aliphatic heterocycles. The Morgan fingerprint density at radius 2 is 2.09 bits per heavy atom. The molecular weight excluding hydrogens is 288 g/mol. The fourth-order valence-corrected chi connectivity index (χ4v) is 1.85. The van der Waals surface area contributed by atoms with Crippen molar-refractivity contribution in [2.75, 3.05) is 14.2 Å². The second-order valence-corrected chi connectivity index (χ2v) is 4.50. The van der Waals surface area contributed by atoms with Crippen LogP contribution in [0.1, 0.15) is 35.4 Å². The summed E-state index contributed by atoms with van der Waals surface area (Å²) in [6.07, 6.45) is 1.71. The Labute approximate surface area is 128 Å². The van der Waals surface area contributed by atoms with E-state index in [2.05, 4.69) is 14.9 Å². The van der Waals surface area contributed by atoms with Crippen molar-refractivity contribution in [3.8, 4) is 11.5 Å². The van der Waals surface area contributed by atoms with Crippen LogP contribution in [0.4, 0.5) is 0 Å². The van der Waals surface area contributed by atoms with Crippen LogP contribution in [0.3, 0.4) is 0 Å². The second-order valence-electron chi connectivity index (χ2n) is 4.50. The predicted molar refractivity (Wildman–Crippen MR) is 77.0 cm³/mol. The molecule has 7 heteroatoms. The van der Waals surface area contributed by atoms with Crippen LogP contribution in [0.25, 0.3) is 0 Å². The van der Waals surface area contributed by atoms with Gasteiger partial charge >= 0.3 is 5.97 Å². The SMILES string of the molecule is CCCc1noc(COc2ccc(C(=O)OC)cc2OC)n1. The van der Waals surface area contributed by atoms with Gasteiger partial charge in [0.1, 0.15) is 0 Å². The largest absolute Gasteiger partial charge is 0.493 e. The molecule has 118 valence electrons. The first-order valence-electron chi connectivity index (χ1n) is 6.88. The minimum atomic E-state index is -0.439. The van der Waals surface area contributed by atoms with Gasteiger partial charge in [-0.05, 0) is 24.6 Å². The molecule has 0 spiro atoms. The third kappa shape index (κ3) is 3.75. The van der Waals surface area contributed by atoms with Crippen LogP contribution in [0.2, 0.25) is 0 Å². The van der Waals surface area contributed by atoms with Gasteiger partial charge in [0, 0.05) is 6.42 Å². The number of nitrogens with zero attached hydrogens (tertiary/aromatic N) is 2. The molecule has 0 bridgehead atoms. The Hall–Kier alpha value is -2.57. The topological polar surface area (TPSA) is 83.7 Å². The Morgan fingerprint density at radius 3 is 2.77 bits per heavy atom. The van der Waals surface area contributed by atoms with Gasteiger partial charge in [-0.1, -0.05) is 12.1 Å². The average Bonchev–Trinajstić information content (AvgIpc) is 3.00. The maximum atomic E-state index is 11.5. The monoisotopic (exact) mass is 306 g/mol. The third-order valence-electron chi connectivity index (χ3n) is 2.92. The van der Waals surface area contributed by atoms with E-state index < -0.39 is 5.97 Å². The first-order chi connectivity index (χ1) is 10.7. The van der Waals surface area contributed by atoms with Gasteiger partial charge in [-0.15, -0.1) is 0 Å². The molecule has 0 aliphatic rings. The van der Waals surface area contributed by atoms with Crippen molar-refractivity contribution in [1.29, 1.82) is 0 Å². The molecule has 0 fully saturated rings. The number of carbonyl (C=O) groups excluding carboxylic acids is 1. The highest BCUT2D eigenvalue weighted by Gasteiger charge is 2.13. The standard InChI is InChI=1S/C15H18N2O5/c1-4-5-13-16-14(22-17-13)9-21-11-7-6-10(15(18)20-3)8-12(11)19-2/h6-8H,4-5,9H2,1-3H3. The average molecular weight is 306 g/mol. The Kier molecular flexibility index (Phi) is 5.35. The summed E-state index contributed by atoms with van der Waals surface area (Å²) in [6, 6.07) is 4.78. The van der Waals surface area contributed by atoms with Crippen molar-refractivity contribution in [3.63, 3.8) is 0 Å². The van der Waals surface area contributed by atoms with E-state index in [0.717, 1.165) is 12.8 Å². The highest BCUT2D eigenvalue weighted by molar-refractivity contribution is 5.90. The summed E-state index contributed by atoms with van der Waals surface area (Å²) in [4.78, 5) is 15.7. The number of hydrogen-bond acceptors (Lipinski definition) is 7. The molecule has 7 nitrogen and oxygen atoms in total. The molecule has 0 amide bonds. The van der Waals surface area contributed by atoms with Gasteiger partial charge in [0.25, 0.3) is 5.89 Å². The van der Waals surface area contributed by atoms with Crippen LogP contribution in [-0.4, -0.2) is 30.3 Å². The quantitative estimate of drug-likeness (QED) is 0.726. The fourth-order valence-electron chi connectivity index (χ4n) is 1.85. The van der Waals surface area contributed by atoms with Gasteiger partial charge in [-0.25, -0.2) is 4.79 Å². The van der Waals surface area contributed by atoms with E-state index in [0.29, 0.717) is 28.8 Å². The van der Waals surface area contributed by atoms with Gasteiger partial charge in [-0.3, -0.25) is 0 Å². The molecule has 0 radical (unpaired) electrons. The summed E-state index contributed by atoms with van der Waals surface area (Å²) in [5.41, 5.74) is 0.384. The van der Waals surface area contributed by atoms with Crippen molar-refractivity contribution in [2.45, 2.75) is 26.4 Å². The van der Waals surface area contributed by atoms with Crippen molar-refractivity contribution in [3.05, 3.63) is 35.5 Å². The summed E-state index contributed by atoms with van der Waals surface area (Å²) in [5, 5.41) is 3.85. The lowest BCUT2D eigenvalue weighted by Crippen LogP contribution is -2.03. The van der Waals surface area contributed by atoms with E-state index in [1.165, 1.54) is 14.2 Å². The molecule has 1 heterocycles. The van der Waals surface area contributed by atoms with Crippen LogP contribution in [-0.2, 0) is 17.8 Å². The lowest BCUT2D eigenvalue weighted by atomic mass is 10.2. The molecule has 0 saturated heterocycles. The van der Waals surface area contributed by atoms with Gasteiger partial charge in [0.15, 0.2) is 23.9 Å². The molecule has 2 aromatic rings. The molecular formula is C15H18N2O5. The van der Waals surface area contributed by atoms with Crippen LogP contribution in [0.15, 0.2) is 22.7 Å². The highest BCUT2D eigenvalue weighted by Crippen LogP contribution is 2.29. The second kappa shape index (κ2) is 7.44. The van der Waals surface area contributed by atoms with Gasteiger partial charge in [-0.2, -0.15) is 4.98 Å². The van der Waals surface area contributed by atoms with Crippen LogP contribution in [0.5, 0.6) is 11.5 Å². The molecule has 0 unspecified atom stereocenters. The molecule has 0 aliphatic carbocycles. The zero-order chi connectivity index (χ0) is 15.9. The number of rotatable bonds is 7. The predicted octanol–water partition coefficient (Wildman–Crippen LogP) is 2.40. The van der Waals surface area contributed by atoms with Crippen molar-refractivity contribution in [2.24, 2.45) is 0 Å². The number of ether oxygens (including phenoxy) is 3. The lowest BCUT2D eigenvalue weighted by molar-refractivity contribution is 0.0600. The first-order valence-corrected chi connectivity index (χ1v) is 6.88. The summed E-state index contributed by atoms with van der Waals surface area (Å²) >= 11 is 0.